The Hall–Kier alpha value is -2.83. The van der Waals surface area contributed by atoms with Crippen molar-refractivity contribution in [3.63, 3.8) is 0 Å². The Morgan fingerprint density at radius 3 is 2.57 bits per heavy atom. The molecule has 0 aromatic heterocycles. The SMILES string of the molecule is CC(=O)c1ccc(NCCc2ccc(F)cc2F)c([N+](=O)[O-])c1. The fourth-order valence-electron chi connectivity index (χ4n) is 2.11. The highest BCUT2D eigenvalue weighted by Crippen LogP contribution is 2.26. The Balaban J connectivity index is 2.11. The summed E-state index contributed by atoms with van der Waals surface area (Å²) in [6.45, 7) is 1.55. The number of benzene rings is 2. The molecule has 0 atom stereocenters. The molecule has 0 aliphatic heterocycles. The second-order valence-corrected chi connectivity index (χ2v) is 4.96. The van der Waals surface area contributed by atoms with E-state index in [4.69, 9.17) is 0 Å². The lowest BCUT2D eigenvalue weighted by Gasteiger charge is -2.09. The number of ketones is 1. The quantitative estimate of drug-likeness (QED) is 0.500. The van der Waals surface area contributed by atoms with Crippen molar-refractivity contribution in [2.45, 2.75) is 13.3 Å². The number of nitro benzene ring substituents is 1. The lowest BCUT2D eigenvalue weighted by atomic mass is 10.1. The molecule has 0 heterocycles. The highest BCUT2D eigenvalue weighted by atomic mass is 19.1. The Morgan fingerprint density at radius 1 is 1.22 bits per heavy atom. The second kappa shape index (κ2) is 6.95. The third kappa shape index (κ3) is 4.09. The van der Waals surface area contributed by atoms with E-state index in [2.05, 4.69) is 5.32 Å². The molecule has 0 aliphatic rings. The zero-order chi connectivity index (χ0) is 17.0. The second-order valence-electron chi connectivity index (χ2n) is 4.96. The molecule has 0 saturated heterocycles. The average molecular weight is 320 g/mol. The molecule has 0 radical (unpaired) electrons. The maximum absolute atomic E-state index is 13.5. The van der Waals surface area contributed by atoms with Crippen LogP contribution in [0.5, 0.6) is 0 Å². The minimum absolute atomic E-state index is 0.225. The molecule has 1 N–H and O–H groups in total. The molecule has 0 unspecified atom stereocenters. The third-order valence-electron chi connectivity index (χ3n) is 3.33. The van der Waals surface area contributed by atoms with Crippen LogP contribution in [0, 0.1) is 21.7 Å². The van der Waals surface area contributed by atoms with Crippen LogP contribution in [-0.4, -0.2) is 17.3 Å². The van der Waals surface area contributed by atoms with Crippen molar-refractivity contribution in [2.75, 3.05) is 11.9 Å². The van der Waals surface area contributed by atoms with E-state index in [0.29, 0.717) is 5.56 Å². The standard InChI is InChI=1S/C16H14F2N2O3/c1-10(21)12-3-5-15(16(8-12)20(22)23)19-7-6-11-2-4-13(17)9-14(11)18/h2-5,8-9,19H,6-7H2,1H3. The molecule has 7 heteroatoms. The summed E-state index contributed by atoms with van der Waals surface area (Å²) < 4.78 is 26.3. The first-order valence-corrected chi connectivity index (χ1v) is 6.85. The summed E-state index contributed by atoms with van der Waals surface area (Å²) in [4.78, 5) is 21.8. The number of carbonyl (C=O) groups is 1. The number of anilines is 1. The molecule has 0 bridgehead atoms. The monoisotopic (exact) mass is 320 g/mol. The summed E-state index contributed by atoms with van der Waals surface area (Å²) in [6, 6.07) is 7.40. The van der Waals surface area contributed by atoms with Crippen LogP contribution in [0.15, 0.2) is 36.4 Å². The van der Waals surface area contributed by atoms with Crippen molar-refractivity contribution in [1.29, 1.82) is 0 Å². The van der Waals surface area contributed by atoms with E-state index in [-0.39, 0.29) is 35.7 Å². The van der Waals surface area contributed by atoms with Gasteiger partial charge in [-0.2, -0.15) is 0 Å². The van der Waals surface area contributed by atoms with E-state index in [1.165, 1.54) is 31.2 Å². The summed E-state index contributed by atoms with van der Waals surface area (Å²) in [7, 11) is 0. The normalized spacial score (nSPS) is 10.4. The van der Waals surface area contributed by atoms with Crippen molar-refractivity contribution >= 4 is 17.2 Å². The summed E-state index contributed by atoms with van der Waals surface area (Å²) in [5.41, 5.74) is 0.563. The van der Waals surface area contributed by atoms with Gasteiger partial charge in [-0.05, 0) is 37.1 Å². The van der Waals surface area contributed by atoms with Crippen molar-refractivity contribution in [2.24, 2.45) is 0 Å². The summed E-state index contributed by atoms with van der Waals surface area (Å²) in [5, 5.41) is 13.9. The van der Waals surface area contributed by atoms with E-state index in [0.717, 1.165) is 12.1 Å². The minimum atomic E-state index is -0.659. The zero-order valence-corrected chi connectivity index (χ0v) is 12.3. The van der Waals surface area contributed by atoms with Crippen LogP contribution in [0.3, 0.4) is 0 Å². The third-order valence-corrected chi connectivity index (χ3v) is 3.33. The predicted molar refractivity (Wildman–Crippen MR) is 81.7 cm³/mol. The average Bonchev–Trinajstić information content (AvgIpc) is 2.49. The topological polar surface area (TPSA) is 72.2 Å². The fourth-order valence-corrected chi connectivity index (χ4v) is 2.11. The maximum atomic E-state index is 13.5. The van der Waals surface area contributed by atoms with Crippen LogP contribution in [0.2, 0.25) is 0 Å². The molecule has 120 valence electrons. The predicted octanol–water partition coefficient (Wildman–Crippen LogP) is 3.73. The van der Waals surface area contributed by atoms with Gasteiger partial charge in [0, 0.05) is 24.2 Å². The van der Waals surface area contributed by atoms with Gasteiger partial charge in [-0.25, -0.2) is 8.78 Å². The molecule has 2 aromatic carbocycles. The molecular formula is C16H14F2N2O3. The van der Waals surface area contributed by atoms with Crippen LogP contribution in [0.4, 0.5) is 20.2 Å². The summed E-state index contributed by atoms with van der Waals surface area (Å²) >= 11 is 0. The molecule has 2 aromatic rings. The number of halogens is 2. The van der Waals surface area contributed by atoms with Crippen molar-refractivity contribution in [1.82, 2.24) is 0 Å². The smallest absolute Gasteiger partial charge is 0.293 e. The number of Topliss-reactive ketones (excluding diaryl/α,β-unsaturated/α-hetero) is 1. The van der Waals surface area contributed by atoms with Gasteiger partial charge < -0.3 is 5.32 Å². The van der Waals surface area contributed by atoms with Crippen LogP contribution in [0.1, 0.15) is 22.8 Å². The fraction of sp³-hybridized carbons (Fsp3) is 0.188. The number of nitrogens with zero attached hydrogens (tertiary/aromatic N) is 1. The van der Waals surface area contributed by atoms with Gasteiger partial charge in [0.1, 0.15) is 17.3 Å². The number of hydrogen-bond acceptors (Lipinski definition) is 4. The van der Waals surface area contributed by atoms with E-state index >= 15 is 0 Å². The van der Waals surface area contributed by atoms with Crippen LogP contribution < -0.4 is 5.32 Å². The van der Waals surface area contributed by atoms with E-state index in [1.54, 1.807) is 0 Å². The minimum Gasteiger partial charge on any atom is -0.379 e. The Kier molecular flexibility index (Phi) is 5.00. The Bertz CT molecular complexity index is 763. The highest BCUT2D eigenvalue weighted by Gasteiger charge is 2.16. The van der Waals surface area contributed by atoms with Gasteiger partial charge in [-0.1, -0.05) is 6.07 Å². The molecule has 5 nitrogen and oxygen atoms in total. The van der Waals surface area contributed by atoms with E-state index in [9.17, 15) is 23.7 Å². The maximum Gasteiger partial charge on any atom is 0.293 e. The van der Waals surface area contributed by atoms with Gasteiger partial charge in [0.05, 0.1) is 4.92 Å². The molecular weight excluding hydrogens is 306 g/mol. The van der Waals surface area contributed by atoms with Gasteiger partial charge in [-0.15, -0.1) is 0 Å². The Morgan fingerprint density at radius 2 is 1.96 bits per heavy atom. The molecule has 0 spiro atoms. The van der Waals surface area contributed by atoms with Gasteiger partial charge in [0.25, 0.3) is 5.69 Å². The number of hydrogen-bond donors (Lipinski definition) is 1. The molecule has 0 saturated carbocycles. The number of carbonyl (C=O) groups excluding carboxylic acids is 1. The van der Waals surface area contributed by atoms with Gasteiger partial charge >= 0.3 is 0 Å². The number of nitrogens with one attached hydrogen (secondary N) is 1. The first kappa shape index (κ1) is 16.5. The van der Waals surface area contributed by atoms with Crippen LogP contribution >= 0.6 is 0 Å². The van der Waals surface area contributed by atoms with E-state index in [1.807, 2.05) is 0 Å². The van der Waals surface area contributed by atoms with Crippen molar-refractivity contribution in [3.05, 3.63) is 69.3 Å². The van der Waals surface area contributed by atoms with Crippen molar-refractivity contribution in [3.8, 4) is 0 Å². The summed E-state index contributed by atoms with van der Waals surface area (Å²) in [5.74, 6) is -1.59. The molecule has 0 aliphatic carbocycles. The Labute approximate surface area is 131 Å². The number of rotatable bonds is 6. The molecule has 0 fully saturated rings. The lowest BCUT2D eigenvalue weighted by molar-refractivity contribution is -0.384. The molecule has 2 rings (SSSR count). The first-order chi connectivity index (χ1) is 10.9. The molecule has 0 amide bonds. The largest absolute Gasteiger partial charge is 0.379 e. The van der Waals surface area contributed by atoms with Crippen LogP contribution in [0.25, 0.3) is 0 Å². The van der Waals surface area contributed by atoms with Gasteiger partial charge in [-0.3, -0.25) is 14.9 Å². The first-order valence-electron chi connectivity index (χ1n) is 6.85. The van der Waals surface area contributed by atoms with Crippen LogP contribution in [-0.2, 0) is 6.42 Å². The van der Waals surface area contributed by atoms with E-state index < -0.39 is 16.6 Å². The van der Waals surface area contributed by atoms with Gasteiger partial charge in [0.15, 0.2) is 5.78 Å². The number of nitro groups is 1. The van der Waals surface area contributed by atoms with Gasteiger partial charge in [0.2, 0.25) is 0 Å². The summed E-state index contributed by atoms with van der Waals surface area (Å²) in [6.07, 6.45) is 0.234. The molecule has 23 heavy (non-hydrogen) atoms. The zero-order valence-electron chi connectivity index (χ0n) is 12.3. The lowest BCUT2D eigenvalue weighted by Crippen LogP contribution is -2.08. The highest BCUT2D eigenvalue weighted by molar-refractivity contribution is 5.95. The van der Waals surface area contributed by atoms with Crippen molar-refractivity contribution < 1.29 is 18.5 Å².